The van der Waals surface area contributed by atoms with Crippen LogP contribution in [0.1, 0.15) is 12.8 Å². The highest BCUT2D eigenvalue weighted by molar-refractivity contribution is 9.10. The monoisotopic (exact) mass is 333 g/mol. The molecule has 0 saturated carbocycles. The number of amides is 1. The molecule has 3 N–H and O–H groups in total. The molecule has 0 atom stereocenters. The molecule has 0 aliphatic carbocycles. The third kappa shape index (κ3) is 3.00. The van der Waals surface area contributed by atoms with Gasteiger partial charge in [-0.3, -0.25) is 4.79 Å². The molecule has 0 unspecified atom stereocenters. The lowest BCUT2D eigenvalue weighted by atomic mass is 9.90. The molecule has 0 bridgehead atoms. The van der Waals surface area contributed by atoms with Crippen LogP contribution in [0.15, 0.2) is 16.7 Å². The van der Waals surface area contributed by atoms with Crippen molar-refractivity contribution < 1.29 is 9.53 Å². The lowest BCUT2D eigenvalue weighted by Crippen LogP contribution is -2.54. The van der Waals surface area contributed by atoms with E-state index in [9.17, 15) is 4.79 Å². The third-order valence-electron chi connectivity index (χ3n) is 2.89. The standard InChI is InChI=1S/C11H13BrClN3O2/c12-7-5-8(9(13)15-6-7)16-10(17)11(14)1-3-18-4-2-11/h5-6H,1-4,14H2,(H,16,17). The molecule has 0 aromatic carbocycles. The smallest absolute Gasteiger partial charge is 0.244 e. The first kappa shape index (κ1) is 13.7. The fourth-order valence-electron chi connectivity index (χ4n) is 1.72. The van der Waals surface area contributed by atoms with Crippen LogP contribution in [-0.2, 0) is 9.53 Å². The van der Waals surface area contributed by atoms with E-state index >= 15 is 0 Å². The summed E-state index contributed by atoms with van der Waals surface area (Å²) in [5, 5.41) is 2.96. The number of carbonyl (C=O) groups excluding carboxylic acids is 1. The van der Waals surface area contributed by atoms with Gasteiger partial charge in [0, 0.05) is 23.9 Å². The molecule has 1 aromatic heterocycles. The number of nitrogens with two attached hydrogens (primary N) is 1. The molecular weight excluding hydrogens is 321 g/mol. The van der Waals surface area contributed by atoms with Crippen molar-refractivity contribution in [3.63, 3.8) is 0 Å². The number of halogens is 2. The zero-order valence-electron chi connectivity index (χ0n) is 9.58. The molecule has 18 heavy (non-hydrogen) atoms. The maximum atomic E-state index is 12.2. The predicted octanol–water partition coefficient (Wildman–Crippen LogP) is 1.94. The molecule has 0 spiro atoms. The quantitative estimate of drug-likeness (QED) is 0.810. The van der Waals surface area contributed by atoms with Crippen molar-refractivity contribution in [2.24, 2.45) is 5.73 Å². The highest BCUT2D eigenvalue weighted by Crippen LogP contribution is 2.25. The van der Waals surface area contributed by atoms with Crippen molar-refractivity contribution in [3.05, 3.63) is 21.9 Å². The Bertz CT molecular complexity index is 464. The molecule has 1 aliphatic rings. The van der Waals surface area contributed by atoms with Crippen LogP contribution in [0.5, 0.6) is 0 Å². The van der Waals surface area contributed by atoms with Gasteiger partial charge in [0.15, 0.2) is 5.15 Å². The molecular formula is C11H13BrClN3O2. The van der Waals surface area contributed by atoms with Crippen molar-refractivity contribution in [3.8, 4) is 0 Å². The summed E-state index contributed by atoms with van der Waals surface area (Å²) in [4.78, 5) is 16.1. The number of pyridine rings is 1. The SMILES string of the molecule is NC1(C(=O)Nc2cc(Br)cnc2Cl)CCOCC1. The summed E-state index contributed by atoms with van der Waals surface area (Å²) < 4.78 is 5.94. The van der Waals surface area contributed by atoms with E-state index in [0.717, 1.165) is 4.47 Å². The van der Waals surface area contributed by atoms with E-state index in [1.807, 2.05) is 0 Å². The van der Waals surface area contributed by atoms with Gasteiger partial charge in [0.1, 0.15) is 5.54 Å². The fourth-order valence-corrected chi connectivity index (χ4v) is 2.20. The van der Waals surface area contributed by atoms with Crippen molar-refractivity contribution in [2.75, 3.05) is 18.5 Å². The number of hydrogen-bond acceptors (Lipinski definition) is 4. The molecule has 1 aliphatic heterocycles. The number of nitrogens with zero attached hydrogens (tertiary/aromatic N) is 1. The fraction of sp³-hybridized carbons (Fsp3) is 0.455. The highest BCUT2D eigenvalue weighted by Gasteiger charge is 2.36. The van der Waals surface area contributed by atoms with Crippen LogP contribution < -0.4 is 11.1 Å². The Labute approximate surface area is 118 Å². The Balaban J connectivity index is 2.13. The zero-order chi connectivity index (χ0) is 13.2. The van der Waals surface area contributed by atoms with E-state index in [-0.39, 0.29) is 11.1 Å². The van der Waals surface area contributed by atoms with E-state index in [2.05, 4.69) is 26.2 Å². The highest BCUT2D eigenvalue weighted by atomic mass is 79.9. The van der Waals surface area contributed by atoms with Crippen molar-refractivity contribution in [1.29, 1.82) is 0 Å². The van der Waals surface area contributed by atoms with Crippen LogP contribution in [0.25, 0.3) is 0 Å². The average Bonchev–Trinajstić information content (AvgIpc) is 2.35. The van der Waals surface area contributed by atoms with Gasteiger partial charge in [0.05, 0.1) is 5.69 Å². The summed E-state index contributed by atoms with van der Waals surface area (Å²) >= 11 is 9.18. The molecule has 1 amide bonds. The van der Waals surface area contributed by atoms with Crippen LogP contribution in [0.2, 0.25) is 5.15 Å². The first-order chi connectivity index (χ1) is 8.51. The van der Waals surface area contributed by atoms with Gasteiger partial charge in [0.25, 0.3) is 0 Å². The van der Waals surface area contributed by atoms with E-state index < -0.39 is 5.54 Å². The lowest BCUT2D eigenvalue weighted by Gasteiger charge is -2.31. The molecule has 1 saturated heterocycles. The van der Waals surface area contributed by atoms with E-state index in [1.165, 1.54) is 0 Å². The number of rotatable bonds is 2. The Morgan fingerprint density at radius 2 is 2.22 bits per heavy atom. The summed E-state index contributed by atoms with van der Waals surface area (Å²) in [6, 6.07) is 1.69. The minimum absolute atomic E-state index is 0.238. The number of hydrogen-bond donors (Lipinski definition) is 2. The minimum atomic E-state index is -0.899. The van der Waals surface area contributed by atoms with Gasteiger partial charge in [-0.25, -0.2) is 4.98 Å². The van der Waals surface area contributed by atoms with Crippen LogP contribution in [0, 0.1) is 0 Å². The van der Waals surface area contributed by atoms with Crippen molar-refractivity contribution in [2.45, 2.75) is 18.4 Å². The van der Waals surface area contributed by atoms with Gasteiger partial charge in [-0.1, -0.05) is 11.6 Å². The maximum absolute atomic E-state index is 12.2. The number of anilines is 1. The van der Waals surface area contributed by atoms with E-state index in [0.29, 0.717) is 31.7 Å². The summed E-state index contributed by atoms with van der Waals surface area (Å²) in [6.45, 7) is 0.989. The van der Waals surface area contributed by atoms with Gasteiger partial charge in [-0.15, -0.1) is 0 Å². The van der Waals surface area contributed by atoms with Crippen LogP contribution in [0.3, 0.4) is 0 Å². The van der Waals surface area contributed by atoms with Crippen LogP contribution >= 0.6 is 27.5 Å². The lowest BCUT2D eigenvalue weighted by molar-refractivity contribution is -0.124. The normalized spacial score (nSPS) is 18.4. The Morgan fingerprint density at radius 1 is 1.56 bits per heavy atom. The Hall–Kier alpha value is -0.690. The summed E-state index contributed by atoms with van der Waals surface area (Å²) in [7, 11) is 0. The second kappa shape index (κ2) is 5.52. The summed E-state index contributed by atoms with van der Waals surface area (Å²) in [6.07, 6.45) is 2.56. The molecule has 1 fully saturated rings. The third-order valence-corrected chi connectivity index (χ3v) is 3.63. The molecule has 2 heterocycles. The number of ether oxygens (including phenoxy) is 1. The van der Waals surface area contributed by atoms with Crippen molar-refractivity contribution >= 4 is 39.1 Å². The Kier molecular flexibility index (Phi) is 4.21. The second-order valence-electron chi connectivity index (χ2n) is 4.21. The summed E-state index contributed by atoms with van der Waals surface area (Å²) in [5.74, 6) is -0.257. The predicted molar refractivity (Wildman–Crippen MR) is 72.5 cm³/mol. The largest absolute Gasteiger partial charge is 0.381 e. The average molecular weight is 335 g/mol. The van der Waals surface area contributed by atoms with E-state index in [4.69, 9.17) is 22.1 Å². The molecule has 5 nitrogen and oxygen atoms in total. The van der Waals surface area contributed by atoms with Gasteiger partial charge >= 0.3 is 0 Å². The van der Waals surface area contributed by atoms with Gasteiger partial charge in [-0.05, 0) is 34.8 Å². The number of nitrogens with one attached hydrogen (secondary N) is 1. The maximum Gasteiger partial charge on any atom is 0.244 e. The number of aromatic nitrogens is 1. The molecule has 98 valence electrons. The van der Waals surface area contributed by atoms with Gasteiger partial charge < -0.3 is 15.8 Å². The Morgan fingerprint density at radius 3 is 2.89 bits per heavy atom. The minimum Gasteiger partial charge on any atom is -0.381 e. The van der Waals surface area contributed by atoms with Crippen molar-refractivity contribution in [1.82, 2.24) is 4.98 Å². The molecule has 0 radical (unpaired) electrons. The van der Waals surface area contributed by atoms with E-state index in [1.54, 1.807) is 12.3 Å². The molecule has 2 rings (SSSR count). The van der Waals surface area contributed by atoms with Crippen LogP contribution in [0.4, 0.5) is 5.69 Å². The first-order valence-electron chi connectivity index (χ1n) is 5.50. The van der Waals surface area contributed by atoms with Gasteiger partial charge in [-0.2, -0.15) is 0 Å². The first-order valence-corrected chi connectivity index (χ1v) is 6.67. The second-order valence-corrected chi connectivity index (χ2v) is 5.49. The topological polar surface area (TPSA) is 77.2 Å². The van der Waals surface area contributed by atoms with Gasteiger partial charge in [0.2, 0.25) is 5.91 Å². The number of carbonyl (C=O) groups is 1. The molecule has 7 heteroatoms. The summed E-state index contributed by atoms with van der Waals surface area (Å²) in [5.41, 5.74) is 5.62. The zero-order valence-corrected chi connectivity index (χ0v) is 11.9. The van der Waals surface area contributed by atoms with Crippen LogP contribution in [-0.4, -0.2) is 29.6 Å². The molecule has 1 aromatic rings.